The first-order valence-electron chi connectivity index (χ1n) is 7.88. The van der Waals surface area contributed by atoms with Crippen LogP contribution in [-0.2, 0) is 28.4 Å². The quantitative estimate of drug-likeness (QED) is 0.590. The minimum Gasteiger partial charge on any atom is -0.351 e. The number of halogens is 1. The van der Waals surface area contributed by atoms with Crippen molar-refractivity contribution in [3.05, 3.63) is 53.1 Å². The number of nitrogens with one attached hydrogen (secondary N) is 1. The van der Waals surface area contributed by atoms with Crippen molar-refractivity contribution in [2.45, 2.75) is 16.6 Å². The van der Waals surface area contributed by atoms with Gasteiger partial charge in [-0.05, 0) is 29.8 Å². The molecular formula is C17H17ClN4O3S2. The van der Waals surface area contributed by atoms with Gasteiger partial charge in [0, 0.05) is 18.6 Å². The number of carbonyl (C=O) groups excluding carboxylic acids is 1. The molecule has 0 unspecified atom stereocenters. The molecule has 3 N–H and O–H groups in total. The predicted molar refractivity (Wildman–Crippen MR) is 106 cm³/mol. The lowest BCUT2D eigenvalue weighted by atomic mass is 10.2. The number of imidazole rings is 1. The molecule has 2 aromatic carbocycles. The van der Waals surface area contributed by atoms with Gasteiger partial charge in [0.1, 0.15) is 0 Å². The molecule has 0 radical (unpaired) electrons. The highest BCUT2D eigenvalue weighted by Crippen LogP contribution is 2.24. The summed E-state index contributed by atoms with van der Waals surface area (Å²) in [5.74, 6) is 0.0149. The minimum atomic E-state index is -3.79. The first-order chi connectivity index (χ1) is 12.8. The molecule has 0 bridgehead atoms. The van der Waals surface area contributed by atoms with Crippen molar-refractivity contribution < 1.29 is 13.2 Å². The van der Waals surface area contributed by atoms with Crippen LogP contribution in [0.25, 0.3) is 11.0 Å². The Morgan fingerprint density at radius 1 is 1.30 bits per heavy atom. The average Bonchev–Trinajstić information content (AvgIpc) is 2.94. The number of thioether (sulfide) groups is 1. The van der Waals surface area contributed by atoms with Crippen LogP contribution in [0.2, 0.25) is 5.02 Å². The smallest absolute Gasteiger partial charge is 0.238 e. The zero-order valence-corrected chi connectivity index (χ0v) is 16.7. The molecule has 0 aliphatic heterocycles. The second-order valence-corrected chi connectivity index (χ2v) is 8.72. The van der Waals surface area contributed by atoms with Gasteiger partial charge < -0.3 is 9.88 Å². The van der Waals surface area contributed by atoms with E-state index in [1.165, 1.54) is 23.9 Å². The molecular weight excluding hydrogens is 408 g/mol. The van der Waals surface area contributed by atoms with Crippen molar-refractivity contribution in [2.24, 2.45) is 12.2 Å². The third kappa shape index (κ3) is 4.62. The van der Waals surface area contributed by atoms with Crippen LogP contribution in [0.3, 0.4) is 0 Å². The standard InChI is InChI=1S/C17H17ClN4O3S2/c1-22-15-7-6-12(27(19,24)25)8-14(15)21-17(22)26-10-16(23)20-9-11-4-2-3-5-13(11)18/h2-8H,9-10H2,1H3,(H,20,23)(H2,19,24,25). The van der Waals surface area contributed by atoms with Crippen LogP contribution in [-0.4, -0.2) is 29.6 Å². The van der Waals surface area contributed by atoms with Crippen LogP contribution in [0.1, 0.15) is 5.56 Å². The molecule has 0 atom stereocenters. The largest absolute Gasteiger partial charge is 0.351 e. The predicted octanol–water partition coefficient (Wildman–Crippen LogP) is 2.28. The lowest BCUT2D eigenvalue weighted by Crippen LogP contribution is -2.24. The summed E-state index contributed by atoms with van der Waals surface area (Å²) in [6, 6.07) is 11.8. The molecule has 3 aromatic rings. The van der Waals surface area contributed by atoms with E-state index in [1.807, 2.05) is 18.2 Å². The van der Waals surface area contributed by atoms with Gasteiger partial charge in [-0.25, -0.2) is 18.5 Å². The number of hydrogen-bond acceptors (Lipinski definition) is 5. The van der Waals surface area contributed by atoms with Crippen LogP contribution in [0, 0.1) is 0 Å². The normalized spacial score (nSPS) is 11.7. The fourth-order valence-corrected chi connectivity index (χ4v) is 4.03. The van der Waals surface area contributed by atoms with E-state index in [0.717, 1.165) is 11.1 Å². The molecule has 3 rings (SSSR count). The topological polar surface area (TPSA) is 107 Å². The molecule has 1 heterocycles. The highest BCUT2D eigenvalue weighted by atomic mass is 35.5. The third-order valence-electron chi connectivity index (χ3n) is 3.91. The Bertz CT molecular complexity index is 1110. The van der Waals surface area contributed by atoms with E-state index in [4.69, 9.17) is 16.7 Å². The van der Waals surface area contributed by atoms with Gasteiger partial charge in [0.15, 0.2) is 5.16 Å². The summed E-state index contributed by atoms with van der Waals surface area (Å²) >= 11 is 7.33. The number of nitrogens with zero attached hydrogens (tertiary/aromatic N) is 2. The van der Waals surface area contributed by atoms with E-state index in [-0.39, 0.29) is 16.6 Å². The number of carbonyl (C=O) groups is 1. The number of fused-ring (bicyclic) bond motifs is 1. The molecule has 1 aromatic heterocycles. The maximum absolute atomic E-state index is 12.1. The summed E-state index contributed by atoms with van der Waals surface area (Å²) in [6.07, 6.45) is 0. The Kier molecular flexibility index (Phi) is 5.75. The Morgan fingerprint density at radius 2 is 2.04 bits per heavy atom. The molecule has 7 nitrogen and oxygen atoms in total. The van der Waals surface area contributed by atoms with E-state index in [0.29, 0.717) is 22.2 Å². The fourth-order valence-electron chi connectivity index (χ4n) is 2.48. The second kappa shape index (κ2) is 7.89. The lowest BCUT2D eigenvalue weighted by Gasteiger charge is -2.07. The fraction of sp³-hybridized carbons (Fsp3) is 0.176. The number of benzene rings is 2. The van der Waals surface area contributed by atoms with Crippen molar-refractivity contribution in [2.75, 3.05) is 5.75 Å². The van der Waals surface area contributed by atoms with Gasteiger partial charge in [0.05, 0.1) is 21.7 Å². The van der Waals surface area contributed by atoms with Crippen molar-refractivity contribution in [3.63, 3.8) is 0 Å². The Balaban J connectivity index is 1.67. The van der Waals surface area contributed by atoms with Crippen LogP contribution in [0.5, 0.6) is 0 Å². The van der Waals surface area contributed by atoms with Gasteiger partial charge >= 0.3 is 0 Å². The average molecular weight is 425 g/mol. The summed E-state index contributed by atoms with van der Waals surface area (Å²) in [7, 11) is -1.99. The van der Waals surface area contributed by atoms with Crippen molar-refractivity contribution in [1.82, 2.24) is 14.9 Å². The van der Waals surface area contributed by atoms with Crippen LogP contribution < -0.4 is 10.5 Å². The molecule has 142 valence electrons. The number of aromatic nitrogens is 2. The Morgan fingerprint density at radius 3 is 2.74 bits per heavy atom. The lowest BCUT2D eigenvalue weighted by molar-refractivity contribution is -0.118. The van der Waals surface area contributed by atoms with E-state index in [2.05, 4.69) is 10.3 Å². The third-order valence-corrected chi connectivity index (χ3v) is 6.22. The first-order valence-corrected chi connectivity index (χ1v) is 10.8. The molecule has 0 spiro atoms. The van der Waals surface area contributed by atoms with E-state index in [9.17, 15) is 13.2 Å². The summed E-state index contributed by atoms with van der Waals surface area (Å²) < 4.78 is 24.7. The molecule has 1 amide bonds. The Labute approximate surface area is 166 Å². The number of nitrogens with two attached hydrogens (primary N) is 1. The van der Waals surface area contributed by atoms with Crippen molar-refractivity contribution in [1.29, 1.82) is 0 Å². The van der Waals surface area contributed by atoms with Crippen molar-refractivity contribution >= 4 is 50.3 Å². The molecule has 10 heteroatoms. The minimum absolute atomic E-state index is 0.00197. The highest BCUT2D eigenvalue weighted by molar-refractivity contribution is 7.99. The number of amides is 1. The van der Waals surface area contributed by atoms with Crippen molar-refractivity contribution in [3.8, 4) is 0 Å². The monoisotopic (exact) mass is 424 g/mol. The van der Waals surface area contributed by atoms with Crippen LogP contribution in [0.15, 0.2) is 52.5 Å². The Hall–Kier alpha value is -2.07. The van der Waals surface area contributed by atoms with Gasteiger partial charge in [0.25, 0.3) is 0 Å². The number of sulfonamides is 1. The number of rotatable bonds is 6. The van der Waals surface area contributed by atoms with Crippen LogP contribution >= 0.6 is 23.4 Å². The molecule has 0 saturated heterocycles. The first kappa shape index (κ1) is 19.7. The van der Waals surface area contributed by atoms with E-state index >= 15 is 0 Å². The highest BCUT2D eigenvalue weighted by Gasteiger charge is 2.14. The molecule has 0 aliphatic rings. The number of primary sulfonamides is 1. The summed E-state index contributed by atoms with van der Waals surface area (Å²) in [5, 5.41) is 9.17. The molecule has 0 aliphatic carbocycles. The molecule has 27 heavy (non-hydrogen) atoms. The van der Waals surface area contributed by atoms with Crippen LogP contribution in [0.4, 0.5) is 0 Å². The summed E-state index contributed by atoms with van der Waals surface area (Å²) in [5.41, 5.74) is 2.10. The summed E-state index contributed by atoms with van der Waals surface area (Å²) in [4.78, 5) is 16.5. The second-order valence-electron chi connectivity index (χ2n) is 5.81. The van der Waals surface area contributed by atoms with E-state index < -0.39 is 10.0 Å². The maximum atomic E-state index is 12.1. The molecule has 0 fully saturated rings. The van der Waals surface area contributed by atoms with Gasteiger partial charge in [-0.3, -0.25) is 4.79 Å². The number of aryl methyl sites for hydroxylation is 1. The number of hydrogen-bond donors (Lipinski definition) is 2. The maximum Gasteiger partial charge on any atom is 0.238 e. The van der Waals surface area contributed by atoms with Gasteiger partial charge in [-0.1, -0.05) is 41.6 Å². The molecule has 0 saturated carbocycles. The SMILES string of the molecule is Cn1c(SCC(=O)NCc2ccccc2Cl)nc2cc(S(N)(=O)=O)ccc21. The zero-order valence-electron chi connectivity index (χ0n) is 14.3. The zero-order chi connectivity index (χ0) is 19.6. The van der Waals surface area contributed by atoms with Gasteiger partial charge in [-0.15, -0.1) is 0 Å². The van der Waals surface area contributed by atoms with E-state index in [1.54, 1.807) is 23.7 Å². The summed E-state index contributed by atoms with van der Waals surface area (Å²) in [6.45, 7) is 0.347. The van der Waals surface area contributed by atoms with Gasteiger partial charge in [-0.2, -0.15) is 0 Å². The van der Waals surface area contributed by atoms with Gasteiger partial charge in [0.2, 0.25) is 15.9 Å².